The highest BCUT2D eigenvalue weighted by atomic mass is 35.5. The first-order chi connectivity index (χ1) is 8.81. The van der Waals surface area contributed by atoms with Crippen LogP contribution in [0.1, 0.15) is 37.1 Å². The van der Waals surface area contributed by atoms with Gasteiger partial charge < -0.3 is 9.30 Å². The van der Waals surface area contributed by atoms with Crippen LogP contribution in [0.3, 0.4) is 0 Å². The Hall–Kier alpha value is -1.56. The summed E-state index contributed by atoms with van der Waals surface area (Å²) in [6.07, 6.45) is 0.233. The van der Waals surface area contributed by atoms with Crippen LogP contribution in [0.5, 0.6) is 0 Å². The van der Waals surface area contributed by atoms with Gasteiger partial charge in [-0.25, -0.2) is 9.78 Å². The van der Waals surface area contributed by atoms with Crippen molar-refractivity contribution in [2.75, 3.05) is 6.54 Å². The maximum atomic E-state index is 11.9. The summed E-state index contributed by atoms with van der Waals surface area (Å²) in [6, 6.07) is 0. The van der Waals surface area contributed by atoms with Crippen LogP contribution in [0.25, 0.3) is 0 Å². The molecule has 0 N–H and O–H groups in total. The molecule has 0 fully saturated rings. The smallest absolute Gasteiger partial charge is 0.410 e. The highest BCUT2D eigenvalue weighted by Crippen LogP contribution is 2.22. The number of rotatable bonds is 1. The van der Waals surface area contributed by atoms with Gasteiger partial charge in [-0.15, -0.1) is 0 Å². The van der Waals surface area contributed by atoms with Crippen molar-refractivity contribution in [3.63, 3.8) is 0 Å². The number of aromatic nitrogens is 2. The van der Waals surface area contributed by atoms with E-state index in [-0.39, 0.29) is 11.8 Å². The number of carbonyl (C=O) groups excluding carboxylic acids is 2. The molecule has 0 bridgehead atoms. The lowest BCUT2D eigenvalue weighted by atomic mass is 10.2. The van der Waals surface area contributed by atoms with E-state index < -0.39 is 5.60 Å². The minimum atomic E-state index is -0.532. The molecular weight excluding hydrogens is 270 g/mol. The van der Waals surface area contributed by atoms with E-state index in [4.69, 9.17) is 16.3 Å². The van der Waals surface area contributed by atoms with Crippen LogP contribution >= 0.6 is 11.6 Å². The number of halogens is 1. The molecule has 1 aliphatic rings. The van der Waals surface area contributed by atoms with Crippen LogP contribution in [0.4, 0.5) is 4.79 Å². The lowest BCUT2D eigenvalue weighted by Crippen LogP contribution is -2.41. The van der Waals surface area contributed by atoms with E-state index in [1.807, 2.05) is 20.8 Å². The van der Waals surface area contributed by atoms with Crippen molar-refractivity contribution >= 4 is 24.0 Å². The molecule has 0 spiro atoms. The van der Waals surface area contributed by atoms with E-state index in [9.17, 15) is 9.59 Å². The Kier molecular flexibility index (Phi) is 3.54. The van der Waals surface area contributed by atoms with E-state index in [0.717, 1.165) is 0 Å². The standard InChI is InChI=1S/C12H16ClN3O3/c1-12(2,3)19-11(18)15-4-5-16-9(6-15)14-8(7-17)10(16)13/h7H,4-6H2,1-3H3. The average Bonchev–Trinajstić information content (AvgIpc) is 2.63. The Morgan fingerprint density at radius 2 is 2.11 bits per heavy atom. The third-order valence-electron chi connectivity index (χ3n) is 2.70. The zero-order chi connectivity index (χ0) is 14.2. The van der Waals surface area contributed by atoms with Gasteiger partial charge in [-0.3, -0.25) is 9.69 Å². The van der Waals surface area contributed by atoms with Gasteiger partial charge in [-0.1, -0.05) is 11.6 Å². The number of nitrogens with zero attached hydrogens (tertiary/aromatic N) is 3. The van der Waals surface area contributed by atoms with Crippen molar-refractivity contribution in [1.29, 1.82) is 0 Å². The minimum absolute atomic E-state index is 0.211. The molecule has 1 aromatic rings. The second kappa shape index (κ2) is 4.85. The second-order valence-corrected chi connectivity index (χ2v) is 5.73. The molecule has 0 radical (unpaired) electrons. The Bertz CT molecular complexity index is 519. The SMILES string of the molecule is CC(C)(C)OC(=O)N1CCn2c(nc(C=O)c2Cl)C1. The summed E-state index contributed by atoms with van der Waals surface area (Å²) in [5.74, 6) is 0.601. The summed E-state index contributed by atoms with van der Waals surface area (Å²) >= 11 is 6.01. The van der Waals surface area contributed by atoms with Crippen molar-refractivity contribution in [2.24, 2.45) is 0 Å². The number of hydrogen-bond donors (Lipinski definition) is 0. The fourth-order valence-corrected chi connectivity index (χ4v) is 2.14. The van der Waals surface area contributed by atoms with Crippen LogP contribution < -0.4 is 0 Å². The molecule has 0 aromatic carbocycles. The van der Waals surface area contributed by atoms with Crippen LogP contribution in [0.15, 0.2) is 0 Å². The highest BCUT2D eigenvalue weighted by Gasteiger charge is 2.28. The molecule has 2 heterocycles. The molecule has 0 atom stereocenters. The zero-order valence-electron chi connectivity index (χ0n) is 11.1. The lowest BCUT2D eigenvalue weighted by molar-refractivity contribution is 0.0195. The largest absolute Gasteiger partial charge is 0.444 e. The van der Waals surface area contributed by atoms with Crippen LogP contribution in [-0.4, -0.2) is 39.0 Å². The molecular formula is C12H16ClN3O3. The fourth-order valence-electron chi connectivity index (χ4n) is 1.87. The molecule has 19 heavy (non-hydrogen) atoms. The van der Waals surface area contributed by atoms with Crippen LogP contribution in [0.2, 0.25) is 5.15 Å². The first kappa shape index (κ1) is 13.9. The van der Waals surface area contributed by atoms with Gasteiger partial charge in [0.05, 0.1) is 6.54 Å². The molecule has 104 valence electrons. The zero-order valence-corrected chi connectivity index (χ0v) is 11.9. The molecule has 7 heteroatoms. The van der Waals surface area contributed by atoms with Gasteiger partial charge in [0.25, 0.3) is 0 Å². The summed E-state index contributed by atoms with van der Waals surface area (Å²) in [7, 11) is 0. The summed E-state index contributed by atoms with van der Waals surface area (Å²) in [5, 5.41) is 0.328. The molecule has 1 aliphatic heterocycles. The molecule has 0 aliphatic carbocycles. The van der Waals surface area contributed by atoms with Gasteiger partial charge in [0.1, 0.15) is 22.3 Å². The summed E-state index contributed by atoms with van der Waals surface area (Å²) in [5.41, 5.74) is -0.321. The predicted molar refractivity (Wildman–Crippen MR) is 69.3 cm³/mol. The quantitative estimate of drug-likeness (QED) is 0.741. The molecule has 0 saturated heterocycles. The maximum Gasteiger partial charge on any atom is 0.410 e. The van der Waals surface area contributed by atoms with Gasteiger partial charge in [-0.2, -0.15) is 0 Å². The number of aldehydes is 1. The Morgan fingerprint density at radius 1 is 1.42 bits per heavy atom. The minimum Gasteiger partial charge on any atom is -0.444 e. The molecule has 2 rings (SSSR count). The van der Waals surface area contributed by atoms with Gasteiger partial charge in [-0.05, 0) is 20.8 Å². The number of hydrogen-bond acceptors (Lipinski definition) is 4. The molecule has 0 saturated carbocycles. The number of amides is 1. The van der Waals surface area contributed by atoms with Gasteiger partial charge in [0, 0.05) is 13.1 Å². The fraction of sp³-hybridized carbons (Fsp3) is 0.583. The number of fused-ring (bicyclic) bond motifs is 1. The summed E-state index contributed by atoms with van der Waals surface area (Å²) in [4.78, 5) is 28.4. The molecule has 0 unspecified atom stereocenters. The van der Waals surface area contributed by atoms with E-state index in [1.54, 1.807) is 9.47 Å². The van der Waals surface area contributed by atoms with Gasteiger partial charge >= 0.3 is 6.09 Å². The van der Waals surface area contributed by atoms with Crippen molar-refractivity contribution in [2.45, 2.75) is 39.5 Å². The molecule has 1 amide bonds. The number of ether oxygens (including phenoxy) is 1. The molecule has 6 nitrogen and oxygen atoms in total. The van der Waals surface area contributed by atoms with E-state index in [1.165, 1.54) is 0 Å². The summed E-state index contributed by atoms with van der Waals surface area (Å²) in [6.45, 7) is 6.73. The number of imidazole rings is 1. The Balaban J connectivity index is 2.14. The Labute approximate surface area is 116 Å². The van der Waals surface area contributed by atoms with E-state index in [2.05, 4.69) is 4.98 Å². The van der Waals surface area contributed by atoms with E-state index in [0.29, 0.717) is 36.9 Å². The van der Waals surface area contributed by atoms with Crippen molar-refractivity contribution in [3.8, 4) is 0 Å². The van der Waals surface area contributed by atoms with Crippen molar-refractivity contribution in [3.05, 3.63) is 16.7 Å². The first-order valence-corrected chi connectivity index (χ1v) is 6.37. The highest BCUT2D eigenvalue weighted by molar-refractivity contribution is 6.31. The molecule has 1 aromatic heterocycles. The third-order valence-corrected chi connectivity index (χ3v) is 3.10. The Morgan fingerprint density at radius 3 is 2.68 bits per heavy atom. The monoisotopic (exact) mass is 285 g/mol. The van der Waals surface area contributed by atoms with Gasteiger partial charge in [0.2, 0.25) is 0 Å². The summed E-state index contributed by atoms with van der Waals surface area (Å²) < 4.78 is 7.05. The van der Waals surface area contributed by atoms with Crippen molar-refractivity contribution in [1.82, 2.24) is 14.5 Å². The maximum absolute atomic E-state index is 11.9. The van der Waals surface area contributed by atoms with Crippen LogP contribution in [-0.2, 0) is 17.8 Å². The van der Waals surface area contributed by atoms with E-state index >= 15 is 0 Å². The van der Waals surface area contributed by atoms with Crippen LogP contribution in [0, 0.1) is 0 Å². The number of carbonyl (C=O) groups is 2. The lowest BCUT2D eigenvalue weighted by Gasteiger charge is -2.30. The normalized spacial score (nSPS) is 15.1. The topological polar surface area (TPSA) is 64.4 Å². The second-order valence-electron chi connectivity index (χ2n) is 5.38. The predicted octanol–water partition coefficient (Wildman–Crippen LogP) is 2.10. The third kappa shape index (κ3) is 2.89. The van der Waals surface area contributed by atoms with Crippen molar-refractivity contribution < 1.29 is 14.3 Å². The first-order valence-electron chi connectivity index (χ1n) is 6.00. The average molecular weight is 286 g/mol. The van der Waals surface area contributed by atoms with Gasteiger partial charge in [0.15, 0.2) is 6.29 Å².